The van der Waals surface area contributed by atoms with E-state index in [4.69, 9.17) is 4.74 Å². The quantitative estimate of drug-likeness (QED) is 0.303. The minimum Gasteiger partial charge on any atom is -0.507 e. The van der Waals surface area contributed by atoms with Crippen LogP contribution in [0.2, 0.25) is 0 Å². The number of aliphatic hydroxyl groups is 1. The highest BCUT2D eigenvalue weighted by Gasteiger charge is 2.46. The fourth-order valence-corrected chi connectivity index (χ4v) is 4.61. The third-order valence-corrected chi connectivity index (χ3v) is 6.55. The zero-order chi connectivity index (χ0) is 24.2. The van der Waals surface area contributed by atoms with Crippen molar-refractivity contribution >= 4 is 28.2 Å². The molecule has 1 fully saturated rings. The average Bonchev–Trinajstić information content (AvgIpc) is 3.13. The Balaban J connectivity index is 1.86. The lowest BCUT2D eigenvalue weighted by molar-refractivity contribution is -0.140. The summed E-state index contributed by atoms with van der Waals surface area (Å²) in [5.74, 6) is -0.900. The average molecular weight is 459 g/mol. The molecule has 1 heterocycles. The number of ether oxygens (including phenoxy) is 1. The number of Topliss-reactive ketones (excluding diaryl/α,β-unsaturated/α-hetero) is 1. The third kappa shape index (κ3) is 4.29. The molecule has 6 heteroatoms. The molecule has 4 rings (SSSR count). The Kier molecular flexibility index (Phi) is 6.98. The van der Waals surface area contributed by atoms with Crippen molar-refractivity contribution in [1.29, 1.82) is 0 Å². The van der Waals surface area contributed by atoms with Crippen molar-refractivity contribution < 1.29 is 19.4 Å². The maximum atomic E-state index is 13.3. The molecule has 0 spiro atoms. The molecule has 34 heavy (non-hydrogen) atoms. The number of amides is 1. The molecular formula is C28H30N2O4. The zero-order valence-corrected chi connectivity index (χ0v) is 19.8. The van der Waals surface area contributed by atoms with Crippen LogP contribution in [0.15, 0.2) is 72.3 Å². The highest BCUT2D eigenvalue weighted by atomic mass is 16.5. The number of hydrogen-bond acceptors (Lipinski definition) is 5. The lowest BCUT2D eigenvalue weighted by Crippen LogP contribution is -2.38. The lowest BCUT2D eigenvalue weighted by Gasteiger charge is -2.29. The molecule has 1 N–H and O–H groups in total. The van der Waals surface area contributed by atoms with Crippen molar-refractivity contribution in [2.24, 2.45) is 0 Å². The summed E-state index contributed by atoms with van der Waals surface area (Å²) in [6.07, 6.45) is 0. The SMILES string of the molecule is CCN(CC)CCN1C(=O)C(=O)/C(=C(/O)c2ccc3ccccc3c2)C1c1ccccc1OC. The number of para-hydroxylation sites is 1. The van der Waals surface area contributed by atoms with Crippen LogP contribution in [0, 0.1) is 0 Å². The molecule has 6 nitrogen and oxygen atoms in total. The number of fused-ring (bicyclic) bond motifs is 1. The highest BCUT2D eigenvalue weighted by Crippen LogP contribution is 2.42. The Bertz CT molecular complexity index is 1250. The van der Waals surface area contributed by atoms with Crippen LogP contribution >= 0.6 is 0 Å². The fourth-order valence-electron chi connectivity index (χ4n) is 4.61. The van der Waals surface area contributed by atoms with Gasteiger partial charge in [0.2, 0.25) is 0 Å². The van der Waals surface area contributed by atoms with Crippen LogP contribution in [0.25, 0.3) is 16.5 Å². The maximum Gasteiger partial charge on any atom is 0.295 e. The van der Waals surface area contributed by atoms with E-state index < -0.39 is 17.7 Å². The molecule has 3 aromatic carbocycles. The van der Waals surface area contributed by atoms with E-state index in [1.165, 1.54) is 0 Å². The summed E-state index contributed by atoms with van der Waals surface area (Å²) in [5, 5.41) is 13.3. The van der Waals surface area contributed by atoms with Crippen LogP contribution in [-0.2, 0) is 9.59 Å². The minimum absolute atomic E-state index is 0.0873. The Morgan fingerprint density at radius 2 is 1.65 bits per heavy atom. The third-order valence-electron chi connectivity index (χ3n) is 6.55. The number of nitrogens with zero attached hydrogens (tertiary/aromatic N) is 2. The summed E-state index contributed by atoms with van der Waals surface area (Å²) >= 11 is 0. The van der Waals surface area contributed by atoms with Crippen molar-refractivity contribution in [3.05, 3.63) is 83.4 Å². The van der Waals surface area contributed by atoms with Crippen LogP contribution in [0.1, 0.15) is 31.0 Å². The van der Waals surface area contributed by atoms with Gasteiger partial charge in [-0.2, -0.15) is 0 Å². The van der Waals surface area contributed by atoms with E-state index in [1.54, 1.807) is 24.1 Å². The van der Waals surface area contributed by atoms with E-state index in [9.17, 15) is 14.7 Å². The molecule has 0 aliphatic carbocycles. The van der Waals surface area contributed by atoms with E-state index in [1.807, 2.05) is 54.6 Å². The van der Waals surface area contributed by atoms with E-state index in [2.05, 4.69) is 18.7 Å². The van der Waals surface area contributed by atoms with Gasteiger partial charge in [-0.25, -0.2) is 0 Å². The zero-order valence-electron chi connectivity index (χ0n) is 19.8. The molecule has 1 aliphatic rings. The normalized spacial score (nSPS) is 17.6. The lowest BCUT2D eigenvalue weighted by atomic mass is 9.94. The molecule has 1 amide bonds. The predicted octanol–water partition coefficient (Wildman–Crippen LogP) is 4.61. The molecule has 0 radical (unpaired) electrons. The molecule has 176 valence electrons. The standard InChI is InChI=1S/C28H30N2O4/c1-4-29(5-2)16-17-30-25(22-12-8-9-13-23(22)34-3)24(27(32)28(30)33)26(31)21-15-14-19-10-6-7-11-20(19)18-21/h6-15,18,25,31H,4-5,16-17H2,1-3H3/b26-24+. The molecule has 0 saturated carbocycles. The number of likely N-dealkylation sites (N-methyl/N-ethyl adjacent to an activating group) is 1. The van der Waals surface area contributed by atoms with Crippen LogP contribution < -0.4 is 4.74 Å². The molecule has 1 saturated heterocycles. The van der Waals surface area contributed by atoms with Gasteiger partial charge in [-0.05, 0) is 36.0 Å². The Morgan fingerprint density at radius 1 is 0.971 bits per heavy atom. The topological polar surface area (TPSA) is 70.1 Å². The number of likely N-dealkylation sites (tertiary alicyclic amines) is 1. The Morgan fingerprint density at radius 3 is 2.35 bits per heavy atom. The number of rotatable bonds is 8. The van der Waals surface area contributed by atoms with Crippen LogP contribution in [0.3, 0.4) is 0 Å². The van der Waals surface area contributed by atoms with Crippen molar-refractivity contribution in [2.75, 3.05) is 33.3 Å². The largest absolute Gasteiger partial charge is 0.507 e. The summed E-state index contributed by atoms with van der Waals surface area (Å²) in [7, 11) is 1.56. The first-order valence-electron chi connectivity index (χ1n) is 11.6. The number of methoxy groups -OCH3 is 1. The number of ketones is 1. The predicted molar refractivity (Wildman–Crippen MR) is 134 cm³/mol. The van der Waals surface area contributed by atoms with Crippen LogP contribution in [0.5, 0.6) is 5.75 Å². The molecule has 3 aromatic rings. The number of aliphatic hydroxyl groups excluding tert-OH is 1. The highest BCUT2D eigenvalue weighted by molar-refractivity contribution is 6.46. The van der Waals surface area contributed by atoms with Crippen LogP contribution in [0.4, 0.5) is 0 Å². The minimum atomic E-state index is -0.738. The molecule has 1 aliphatic heterocycles. The smallest absolute Gasteiger partial charge is 0.295 e. The van der Waals surface area contributed by atoms with Gasteiger partial charge in [0.1, 0.15) is 11.5 Å². The second-order valence-corrected chi connectivity index (χ2v) is 8.32. The fraction of sp³-hybridized carbons (Fsp3) is 0.286. The van der Waals surface area contributed by atoms with E-state index >= 15 is 0 Å². The summed E-state index contributed by atoms with van der Waals surface area (Å²) in [4.78, 5) is 30.3. The van der Waals surface area contributed by atoms with Crippen molar-refractivity contribution in [2.45, 2.75) is 19.9 Å². The van der Waals surface area contributed by atoms with E-state index in [0.717, 1.165) is 23.9 Å². The van der Waals surface area contributed by atoms with Crippen molar-refractivity contribution in [3.8, 4) is 5.75 Å². The van der Waals surface area contributed by atoms with Crippen LogP contribution in [-0.4, -0.2) is 59.9 Å². The van der Waals surface area contributed by atoms with Gasteiger partial charge in [-0.15, -0.1) is 0 Å². The molecular weight excluding hydrogens is 428 g/mol. The molecule has 1 atom stereocenters. The van der Waals surface area contributed by atoms with Crippen molar-refractivity contribution in [3.63, 3.8) is 0 Å². The summed E-state index contributed by atoms with van der Waals surface area (Å²) in [5.41, 5.74) is 1.26. The van der Waals surface area contributed by atoms with Gasteiger partial charge >= 0.3 is 0 Å². The van der Waals surface area contributed by atoms with E-state index in [0.29, 0.717) is 30.0 Å². The summed E-state index contributed by atoms with van der Waals surface area (Å²) in [6.45, 7) is 6.81. The molecule has 1 unspecified atom stereocenters. The van der Waals surface area contributed by atoms with E-state index in [-0.39, 0.29) is 11.3 Å². The summed E-state index contributed by atoms with van der Waals surface area (Å²) in [6, 6.07) is 19.9. The van der Waals surface area contributed by atoms with Gasteiger partial charge in [0.05, 0.1) is 18.7 Å². The number of carbonyl (C=O) groups excluding carboxylic acids is 2. The molecule has 0 bridgehead atoms. The first kappa shape index (κ1) is 23.5. The maximum absolute atomic E-state index is 13.3. The monoisotopic (exact) mass is 458 g/mol. The van der Waals surface area contributed by atoms with Gasteiger partial charge in [0.15, 0.2) is 0 Å². The Labute approximate surface area is 200 Å². The van der Waals surface area contributed by atoms with Gasteiger partial charge in [0.25, 0.3) is 11.7 Å². The first-order chi connectivity index (χ1) is 16.5. The second kappa shape index (κ2) is 10.1. The number of benzene rings is 3. The second-order valence-electron chi connectivity index (χ2n) is 8.32. The van der Waals surface area contributed by atoms with Gasteiger partial charge in [-0.3, -0.25) is 9.59 Å². The van der Waals surface area contributed by atoms with Gasteiger partial charge < -0.3 is 19.6 Å². The van der Waals surface area contributed by atoms with Gasteiger partial charge in [-0.1, -0.05) is 68.4 Å². The first-order valence-corrected chi connectivity index (χ1v) is 11.6. The van der Waals surface area contributed by atoms with Gasteiger partial charge in [0, 0.05) is 24.2 Å². The van der Waals surface area contributed by atoms with Crippen molar-refractivity contribution in [1.82, 2.24) is 9.80 Å². The number of carbonyl (C=O) groups is 2. The summed E-state index contributed by atoms with van der Waals surface area (Å²) < 4.78 is 5.57. The Hall–Kier alpha value is -3.64. The number of hydrogen-bond donors (Lipinski definition) is 1. The molecule has 0 aromatic heterocycles.